The third-order valence-electron chi connectivity index (χ3n) is 6.46. The number of ether oxygens (including phenoxy) is 2. The Kier molecular flexibility index (Phi) is 8.72. The standard InChI is InChI=1S/C24H31F3N4O3S/c1-16-28-23(35-30-16)13-19(32)12-17-2-4-20(33-14-17)7-10-31-9-6-18-3-5-22(29-21(18)8-11-31)34-15-24(25,26)27/h3,5,17,20H,2,4,6-15H2,1H3/t17-,20-/m1/s1. The number of carbonyl (C=O) groups is 1. The summed E-state index contributed by atoms with van der Waals surface area (Å²) >= 11 is 1.29. The molecule has 1 saturated heterocycles. The second kappa shape index (κ2) is 11.7. The fraction of sp³-hybridized carbons (Fsp3) is 0.667. The van der Waals surface area contributed by atoms with Gasteiger partial charge in [-0.25, -0.2) is 9.97 Å². The van der Waals surface area contributed by atoms with Gasteiger partial charge in [0.1, 0.15) is 16.6 Å². The van der Waals surface area contributed by atoms with Crippen LogP contribution in [0.4, 0.5) is 13.2 Å². The first-order valence-corrected chi connectivity index (χ1v) is 12.8. The fourth-order valence-corrected chi connectivity index (χ4v) is 5.30. The highest BCUT2D eigenvalue weighted by molar-refractivity contribution is 7.05. The molecule has 35 heavy (non-hydrogen) atoms. The smallest absolute Gasteiger partial charge is 0.422 e. The number of hydrogen-bond acceptors (Lipinski definition) is 8. The van der Waals surface area contributed by atoms with Crippen molar-refractivity contribution < 1.29 is 27.4 Å². The van der Waals surface area contributed by atoms with E-state index in [0.29, 0.717) is 31.7 Å². The Morgan fingerprint density at radius 1 is 1.23 bits per heavy atom. The van der Waals surface area contributed by atoms with Gasteiger partial charge in [0.2, 0.25) is 5.88 Å². The molecule has 0 amide bonds. The van der Waals surface area contributed by atoms with Crippen molar-refractivity contribution in [3.8, 4) is 5.88 Å². The lowest BCUT2D eigenvalue weighted by Gasteiger charge is -2.30. The first-order chi connectivity index (χ1) is 16.7. The summed E-state index contributed by atoms with van der Waals surface area (Å²) < 4.78 is 52.2. The number of Topliss-reactive ketones (excluding diaryl/α,β-unsaturated/α-hetero) is 1. The molecule has 0 unspecified atom stereocenters. The summed E-state index contributed by atoms with van der Waals surface area (Å²) in [5.74, 6) is 1.20. The predicted molar refractivity (Wildman–Crippen MR) is 125 cm³/mol. The molecule has 2 aliphatic heterocycles. The van der Waals surface area contributed by atoms with Gasteiger partial charge < -0.3 is 14.4 Å². The second-order valence-electron chi connectivity index (χ2n) is 9.34. The normalized spacial score (nSPS) is 21.4. The van der Waals surface area contributed by atoms with E-state index in [1.165, 1.54) is 17.6 Å². The van der Waals surface area contributed by atoms with Gasteiger partial charge in [0, 0.05) is 44.2 Å². The van der Waals surface area contributed by atoms with Crippen molar-refractivity contribution in [3.05, 3.63) is 34.2 Å². The van der Waals surface area contributed by atoms with Crippen molar-refractivity contribution in [1.29, 1.82) is 0 Å². The lowest BCUT2D eigenvalue weighted by molar-refractivity contribution is -0.154. The lowest BCUT2D eigenvalue weighted by Crippen LogP contribution is -2.33. The molecule has 2 aromatic rings. The van der Waals surface area contributed by atoms with Gasteiger partial charge in [0.05, 0.1) is 19.1 Å². The Morgan fingerprint density at radius 3 is 2.77 bits per heavy atom. The minimum absolute atomic E-state index is 0.0246. The van der Waals surface area contributed by atoms with Gasteiger partial charge in [-0.2, -0.15) is 17.5 Å². The van der Waals surface area contributed by atoms with Gasteiger partial charge in [0.25, 0.3) is 0 Å². The summed E-state index contributed by atoms with van der Waals surface area (Å²) in [6.07, 6.45) is 1.06. The Balaban J connectivity index is 1.16. The number of alkyl halides is 3. The van der Waals surface area contributed by atoms with Crippen molar-refractivity contribution in [3.63, 3.8) is 0 Å². The number of aryl methyl sites for hydroxylation is 1. The average molecular weight is 513 g/mol. The Hall–Kier alpha value is -2.11. The van der Waals surface area contributed by atoms with Crippen LogP contribution in [0.1, 0.15) is 47.8 Å². The average Bonchev–Trinajstić information content (AvgIpc) is 3.10. The number of carbonyl (C=O) groups excluding carboxylic acids is 1. The van der Waals surface area contributed by atoms with E-state index in [4.69, 9.17) is 9.47 Å². The maximum atomic E-state index is 12.4. The van der Waals surface area contributed by atoms with Crippen LogP contribution in [-0.4, -0.2) is 70.2 Å². The van der Waals surface area contributed by atoms with Gasteiger partial charge in [-0.1, -0.05) is 6.07 Å². The van der Waals surface area contributed by atoms with Crippen molar-refractivity contribution in [1.82, 2.24) is 19.2 Å². The Morgan fingerprint density at radius 2 is 2.06 bits per heavy atom. The molecule has 4 rings (SSSR count). The van der Waals surface area contributed by atoms with Crippen molar-refractivity contribution in [2.45, 2.75) is 64.1 Å². The monoisotopic (exact) mass is 512 g/mol. The molecule has 1 fully saturated rings. The predicted octanol–water partition coefficient (Wildman–Crippen LogP) is 3.97. The van der Waals surface area contributed by atoms with E-state index in [1.54, 1.807) is 0 Å². The van der Waals surface area contributed by atoms with Gasteiger partial charge in [-0.05, 0) is 55.6 Å². The van der Waals surface area contributed by atoms with Crippen LogP contribution < -0.4 is 4.74 Å². The molecule has 0 spiro atoms. The number of pyridine rings is 1. The zero-order valence-corrected chi connectivity index (χ0v) is 20.7. The maximum Gasteiger partial charge on any atom is 0.422 e. The van der Waals surface area contributed by atoms with Crippen LogP contribution in [-0.2, 0) is 28.8 Å². The third kappa shape index (κ3) is 8.22. The van der Waals surface area contributed by atoms with Crippen molar-refractivity contribution in [2.75, 3.05) is 32.8 Å². The largest absolute Gasteiger partial charge is 0.468 e. The number of aromatic nitrogens is 3. The van der Waals surface area contributed by atoms with Crippen LogP contribution >= 0.6 is 11.5 Å². The SMILES string of the molecule is Cc1nsc(CC(=O)C[C@H]2CC[C@H](CCN3CCc4ccc(OCC(F)(F)F)nc4CC3)OC2)n1. The first kappa shape index (κ1) is 26.0. The number of rotatable bonds is 9. The third-order valence-corrected chi connectivity index (χ3v) is 7.26. The molecule has 2 aliphatic rings. The summed E-state index contributed by atoms with van der Waals surface area (Å²) in [4.78, 5) is 23.3. The molecule has 0 radical (unpaired) electrons. The molecule has 0 bridgehead atoms. The highest BCUT2D eigenvalue weighted by Gasteiger charge is 2.29. The summed E-state index contributed by atoms with van der Waals surface area (Å²) in [6, 6.07) is 3.35. The van der Waals surface area contributed by atoms with E-state index in [-0.39, 0.29) is 23.7 Å². The van der Waals surface area contributed by atoms with E-state index >= 15 is 0 Å². The molecule has 0 aliphatic carbocycles. The van der Waals surface area contributed by atoms with Crippen LogP contribution in [0.25, 0.3) is 0 Å². The zero-order valence-electron chi connectivity index (χ0n) is 19.9. The molecule has 0 saturated carbocycles. The number of fused-ring (bicyclic) bond motifs is 1. The summed E-state index contributed by atoms with van der Waals surface area (Å²) in [7, 11) is 0. The second-order valence-corrected chi connectivity index (χ2v) is 10.2. The Bertz CT molecular complexity index is 993. The van der Waals surface area contributed by atoms with Crippen molar-refractivity contribution in [2.24, 2.45) is 5.92 Å². The fourth-order valence-electron chi connectivity index (χ4n) is 4.62. The lowest BCUT2D eigenvalue weighted by atomic mass is 9.92. The molecular weight excluding hydrogens is 481 g/mol. The maximum absolute atomic E-state index is 12.4. The van der Waals surface area contributed by atoms with Gasteiger partial charge in [-0.15, -0.1) is 0 Å². The molecule has 2 atom stereocenters. The number of halogens is 3. The molecule has 0 aromatic carbocycles. The highest BCUT2D eigenvalue weighted by Crippen LogP contribution is 2.25. The molecule has 2 aromatic heterocycles. The van der Waals surface area contributed by atoms with Gasteiger partial charge >= 0.3 is 6.18 Å². The van der Waals surface area contributed by atoms with E-state index in [9.17, 15) is 18.0 Å². The number of hydrogen-bond donors (Lipinski definition) is 0. The molecule has 7 nitrogen and oxygen atoms in total. The van der Waals surface area contributed by atoms with E-state index in [1.807, 2.05) is 13.0 Å². The Labute approximate surface area is 207 Å². The minimum Gasteiger partial charge on any atom is -0.468 e. The minimum atomic E-state index is -4.37. The highest BCUT2D eigenvalue weighted by atomic mass is 32.1. The van der Waals surface area contributed by atoms with Crippen LogP contribution in [0.3, 0.4) is 0 Å². The van der Waals surface area contributed by atoms with Crippen LogP contribution in [0.5, 0.6) is 5.88 Å². The van der Waals surface area contributed by atoms with E-state index in [2.05, 4.69) is 19.2 Å². The summed E-state index contributed by atoms with van der Waals surface area (Å²) in [6.45, 7) is 3.70. The molecular formula is C24H31F3N4O3S. The first-order valence-electron chi connectivity index (χ1n) is 12.1. The van der Waals surface area contributed by atoms with Crippen LogP contribution in [0, 0.1) is 12.8 Å². The number of ketones is 1. The topological polar surface area (TPSA) is 77.4 Å². The zero-order chi connectivity index (χ0) is 24.8. The molecule has 192 valence electrons. The summed E-state index contributed by atoms with van der Waals surface area (Å²) in [5.41, 5.74) is 1.88. The van der Waals surface area contributed by atoms with Crippen LogP contribution in [0.2, 0.25) is 0 Å². The van der Waals surface area contributed by atoms with E-state index < -0.39 is 12.8 Å². The molecule has 11 heteroatoms. The quantitative estimate of drug-likeness (QED) is 0.503. The van der Waals surface area contributed by atoms with Crippen molar-refractivity contribution >= 4 is 17.3 Å². The number of nitrogens with zero attached hydrogens (tertiary/aromatic N) is 4. The van der Waals surface area contributed by atoms with Gasteiger partial charge in [0.15, 0.2) is 6.61 Å². The van der Waals surface area contributed by atoms with Crippen LogP contribution in [0.15, 0.2) is 12.1 Å². The summed E-state index contributed by atoms with van der Waals surface area (Å²) in [5, 5.41) is 0.780. The van der Waals surface area contributed by atoms with Gasteiger partial charge in [-0.3, -0.25) is 4.79 Å². The molecule has 4 heterocycles. The van der Waals surface area contributed by atoms with E-state index in [0.717, 1.165) is 61.6 Å². The molecule has 0 N–H and O–H groups in total.